The fourth-order valence-corrected chi connectivity index (χ4v) is 3.40. The molecule has 1 atom stereocenters. The molecule has 9 heteroatoms. The smallest absolute Gasteiger partial charge is 0.243 e. The van der Waals surface area contributed by atoms with Crippen LogP contribution in [0.3, 0.4) is 0 Å². The van der Waals surface area contributed by atoms with Crippen molar-refractivity contribution in [3.05, 3.63) is 29.6 Å². The molecule has 0 aliphatic carbocycles. The first-order chi connectivity index (χ1) is 12.4. The zero-order valence-electron chi connectivity index (χ0n) is 14.4. The number of carbonyl (C=O) groups excluding carboxylic acids is 1. The highest BCUT2D eigenvalue weighted by atomic mass is 19.2. The van der Waals surface area contributed by atoms with Crippen molar-refractivity contribution in [3.63, 3.8) is 0 Å². The highest BCUT2D eigenvalue weighted by Crippen LogP contribution is 2.38. The van der Waals surface area contributed by atoms with Crippen LogP contribution in [-0.4, -0.2) is 56.7 Å². The van der Waals surface area contributed by atoms with E-state index >= 15 is 0 Å². The molecular formula is C17H21F3N4O2. The van der Waals surface area contributed by atoms with Gasteiger partial charge in [0.15, 0.2) is 23.4 Å². The maximum absolute atomic E-state index is 13.6. The molecule has 2 fully saturated rings. The average Bonchev–Trinajstić information content (AvgIpc) is 3.26. The summed E-state index contributed by atoms with van der Waals surface area (Å²) in [6.07, 6.45) is 2.01. The molecule has 2 saturated heterocycles. The van der Waals surface area contributed by atoms with Crippen LogP contribution in [0.2, 0.25) is 0 Å². The maximum atomic E-state index is 13.6. The lowest BCUT2D eigenvalue weighted by Crippen LogP contribution is -2.44. The minimum atomic E-state index is -1.62. The fraction of sp³-hybridized carbons (Fsp3) is 0.529. The predicted molar refractivity (Wildman–Crippen MR) is 90.4 cm³/mol. The van der Waals surface area contributed by atoms with Gasteiger partial charge in [0.05, 0.1) is 18.8 Å². The van der Waals surface area contributed by atoms with E-state index in [9.17, 15) is 18.0 Å². The molecule has 6 nitrogen and oxygen atoms in total. The number of amides is 1. The molecule has 1 unspecified atom stereocenters. The van der Waals surface area contributed by atoms with Gasteiger partial charge in [-0.1, -0.05) is 0 Å². The Bertz CT molecular complexity index is 720. The number of hydrogen-bond acceptors (Lipinski definition) is 3. The standard InChI is InChI=1S/C17H21F3N4O2/c1-21-16(24-6-4-17(9-24)5-7-26-10-17)22-8-13(25)23-12-3-2-11(18)14(19)15(12)20/h2-3H,4-10H2,1H3,(H,21,22)(H,23,25). The van der Waals surface area contributed by atoms with Gasteiger partial charge in [-0.3, -0.25) is 9.79 Å². The molecule has 3 rings (SSSR count). The van der Waals surface area contributed by atoms with Crippen LogP contribution in [0.25, 0.3) is 0 Å². The van der Waals surface area contributed by atoms with Crippen molar-refractivity contribution < 1.29 is 22.7 Å². The number of ether oxygens (including phenoxy) is 1. The van der Waals surface area contributed by atoms with Gasteiger partial charge in [-0.05, 0) is 25.0 Å². The monoisotopic (exact) mass is 370 g/mol. The largest absolute Gasteiger partial charge is 0.381 e. The number of carbonyl (C=O) groups is 1. The lowest BCUT2D eigenvalue weighted by molar-refractivity contribution is -0.115. The Balaban J connectivity index is 1.54. The number of benzene rings is 1. The summed E-state index contributed by atoms with van der Waals surface area (Å²) >= 11 is 0. The van der Waals surface area contributed by atoms with Crippen LogP contribution in [0.5, 0.6) is 0 Å². The summed E-state index contributed by atoms with van der Waals surface area (Å²) in [5, 5.41) is 5.14. The van der Waals surface area contributed by atoms with Gasteiger partial charge in [-0.25, -0.2) is 13.2 Å². The van der Waals surface area contributed by atoms with Gasteiger partial charge >= 0.3 is 0 Å². The van der Waals surface area contributed by atoms with E-state index in [2.05, 4.69) is 20.5 Å². The summed E-state index contributed by atoms with van der Waals surface area (Å²) in [5.74, 6) is -4.38. The van der Waals surface area contributed by atoms with Crippen molar-refractivity contribution in [2.24, 2.45) is 10.4 Å². The van der Waals surface area contributed by atoms with Crippen molar-refractivity contribution >= 4 is 17.6 Å². The molecular weight excluding hydrogens is 349 g/mol. The molecule has 1 aromatic carbocycles. The number of nitrogens with one attached hydrogen (secondary N) is 2. The SMILES string of the molecule is CN=C(NCC(=O)Nc1ccc(F)c(F)c1F)N1CCC2(CCOC2)C1. The topological polar surface area (TPSA) is 66.0 Å². The van der Waals surface area contributed by atoms with Crippen LogP contribution in [0, 0.1) is 22.9 Å². The number of likely N-dealkylation sites (tertiary alicyclic amines) is 1. The number of hydrogen-bond donors (Lipinski definition) is 2. The summed E-state index contributed by atoms with van der Waals surface area (Å²) in [5.41, 5.74) is -0.261. The van der Waals surface area contributed by atoms with E-state index in [1.54, 1.807) is 7.05 Å². The number of halogens is 3. The molecule has 0 bridgehead atoms. The first-order valence-corrected chi connectivity index (χ1v) is 8.41. The average molecular weight is 370 g/mol. The Kier molecular flexibility index (Phi) is 5.36. The van der Waals surface area contributed by atoms with E-state index in [-0.39, 0.29) is 12.0 Å². The summed E-state index contributed by atoms with van der Waals surface area (Å²) in [4.78, 5) is 18.2. The van der Waals surface area contributed by atoms with E-state index < -0.39 is 29.0 Å². The molecule has 0 saturated carbocycles. The highest BCUT2D eigenvalue weighted by Gasteiger charge is 2.42. The molecule has 1 aromatic rings. The third-order valence-electron chi connectivity index (χ3n) is 4.85. The zero-order chi connectivity index (χ0) is 18.7. The van der Waals surface area contributed by atoms with E-state index in [0.717, 1.165) is 51.3 Å². The van der Waals surface area contributed by atoms with Gasteiger partial charge in [0.1, 0.15) is 0 Å². The van der Waals surface area contributed by atoms with E-state index in [1.165, 1.54) is 0 Å². The van der Waals surface area contributed by atoms with Crippen LogP contribution in [0.15, 0.2) is 17.1 Å². The van der Waals surface area contributed by atoms with Crippen LogP contribution < -0.4 is 10.6 Å². The van der Waals surface area contributed by atoms with Gasteiger partial charge in [0.25, 0.3) is 0 Å². The van der Waals surface area contributed by atoms with Gasteiger partial charge < -0.3 is 20.3 Å². The first kappa shape index (κ1) is 18.5. The number of guanidine groups is 1. The quantitative estimate of drug-likeness (QED) is 0.483. The van der Waals surface area contributed by atoms with Crippen molar-refractivity contribution in [2.45, 2.75) is 12.8 Å². The van der Waals surface area contributed by atoms with Crippen molar-refractivity contribution in [3.8, 4) is 0 Å². The van der Waals surface area contributed by atoms with Crippen molar-refractivity contribution in [1.82, 2.24) is 10.2 Å². The van der Waals surface area contributed by atoms with Crippen LogP contribution in [0.4, 0.5) is 18.9 Å². The van der Waals surface area contributed by atoms with Gasteiger partial charge in [0, 0.05) is 32.2 Å². The highest BCUT2D eigenvalue weighted by molar-refractivity contribution is 5.95. The molecule has 0 radical (unpaired) electrons. The van der Waals surface area contributed by atoms with Crippen LogP contribution in [-0.2, 0) is 9.53 Å². The Labute approximate surface area is 149 Å². The predicted octanol–water partition coefficient (Wildman–Crippen LogP) is 1.73. The molecule has 1 amide bonds. The molecule has 26 heavy (non-hydrogen) atoms. The van der Waals surface area contributed by atoms with E-state index in [1.807, 2.05) is 0 Å². The Morgan fingerprint density at radius 1 is 1.31 bits per heavy atom. The second-order valence-corrected chi connectivity index (χ2v) is 6.65. The van der Waals surface area contributed by atoms with E-state index in [0.29, 0.717) is 5.96 Å². The zero-order valence-corrected chi connectivity index (χ0v) is 14.4. The summed E-state index contributed by atoms with van der Waals surface area (Å²) in [6, 6.07) is 1.73. The maximum Gasteiger partial charge on any atom is 0.243 e. The molecule has 2 aliphatic rings. The molecule has 1 spiro atoms. The summed E-state index contributed by atoms with van der Waals surface area (Å²) in [7, 11) is 1.62. The number of nitrogens with zero attached hydrogens (tertiary/aromatic N) is 2. The number of anilines is 1. The van der Waals surface area contributed by atoms with Gasteiger partial charge in [0.2, 0.25) is 5.91 Å². The lowest BCUT2D eigenvalue weighted by atomic mass is 9.87. The van der Waals surface area contributed by atoms with Crippen LogP contribution in [0.1, 0.15) is 12.8 Å². The third kappa shape index (κ3) is 3.77. The molecule has 2 N–H and O–H groups in total. The summed E-state index contributed by atoms with van der Waals surface area (Å²) < 4.78 is 45.2. The van der Waals surface area contributed by atoms with Crippen molar-refractivity contribution in [2.75, 3.05) is 45.2 Å². The molecule has 142 valence electrons. The first-order valence-electron chi connectivity index (χ1n) is 8.41. The minimum Gasteiger partial charge on any atom is -0.381 e. The van der Waals surface area contributed by atoms with Crippen molar-refractivity contribution in [1.29, 1.82) is 0 Å². The second kappa shape index (κ2) is 7.53. The van der Waals surface area contributed by atoms with Gasteiger partial charge in [-0.2, -0.15) is 0 Å². The minimum absolute atomic E-state index is 0.147. The third-order valence-corrected chi connectivity index (χ3v) is 4.85. The Morgan fingerprint density at radius 3 is 2.81 bits per heavy atom. The Hall–Kier alpha value is -2.29. The van der Waals surface area contributed by atoms with Crippen LogP contribution >= 0.6 is 0 Å². The lowest BCUT2D eigenvalue weighted by Gasteiger charge is -2.24. The van der Waals surface area contributed by atoms with Gasteiger partial charge in [-0.15, -0.1) is 0 Å². The number of aliphatic imine (C=N–C) groups is 1. The molecule has 2 aliphatic heterocycles. The molecule has 0 aromatic heterocycles. The summed E-state index contributed by atoms with van der Waals surface area (Å²) in [6.45, 7) is 2.93. The second-order valence-electron chi connectivity index (χ2n) is 6.65. The normalized spacial score (nSPS) is 22.9. The van der Waals surface area contributed by atoms with E-state index in [4.69, 9.17) is 4.74 Å². The fourth-order valence-electron chi connectivity index (χ4n) is 3.40. The molecule has 2 heterocycles. The Morgan fingerprint density at radius 2 is 2.12 bits per heavy atom. The number of rotatable bonds is 3.